The molecule has 2 aromatic rings. The smallest absolute Gasteiger partial charge is 0.252 e. The summed E-state index contributed by atoms with van der Waals surface area (Å²) in [5.41, 5.74) is 2.49. The fourth-order valence-electron chi connectivity index (χ4n) is 2.42. The number of hydrogen-bond donors (Lipinski definition) is 1. The Hall–Kier alpha value is -2.20. The molecule has 1 atom stereocenters. The molecule has 1 aromatic carbocycles. The first-order valence-electron chi connectivity index (χ1n) is 7.24. The summed E-state index contributed by atoms with van der Waals surface area (Å²) in [6, 6.07) is 13.6. The van der Waals surface area contributed by atoms with Gasteiger partial charge in [0.15, 0.2) is 0 Å². The Morgan fingerprint density at radius 1 is 1.24 bits per heavy atom. The third-order valence-corrected chi connectivity index (χ3v) is 3.61. The molecule has 0 aliphatic carbocycles. The molecule has 108 valence electrons. The predicted molar refractivity (Wildman–Crippen MR) is 81.0 cm³/mol. The minimum absolute atomic E-state index is 0.0994. The van der Waals surface area contributed by atoms with Crippen LogP contribution in [0, 0.1) is 0 Å². The normalized spacial score (nSPS) is 17.6. The molecule has 1 fully saturated rings. The Balaban J connectivity index is 1.62. The second kappa shape index (κ2) is 6.50. The number of ether oxygens (including phenoxy) is 1. The zero-order valence-electron chi connectivity index (χ0n) is 11.8. The Kier molecular flexibility index (Phi) is 4.26. The molecule has 4 heteroatoms. The molecule has 1 unspecified atom stereocenters. The van der Waals surface area contributed by atoms with E-state index in [1.54, 1.807) is 12.3 Å². The summed E-state index contributed by atoms with van der Waals surface area (Å²) in [7, 11) is 0. The highest BCUT2D eigenvalue weighted by Gasteiger charge is 2.16. The zero-order chi connectivity index (χ0) is 14.5. The lowest BCUT2D eigenvalue weighted by molar-refractivity contribution is 0.0857. The van der Waals surface area contributed by atoms with E-state index >= 15 is 0 Å². The second-order valence-corrected chi connectivity index (χ2v) is 5.14. The van der Waals surface area contributed by atoms with E-state index in [9.17, 15) is 4.79 Å². The largest absolute Gasteiger partial charge is 0.376 e. The second-order valence-electron chi connectivity index (χ2n) is 5.14. The van der Waals surface area contributed by atoms with Gasteiger partial charge < -0.3 is 10.1 Å². The Morgan fingerprint density at radius 2 is 2.10 bits per heavy atom. The van der Waals surface area contributed by atoms with Crippen molar-refractivity contribution in [1.82, 2.24) is 10.3 Å². The molecule has 0 spiro atoms. The number of carbonyl (C=O) groups is 1. The van der Waals surface area contributed by atoms with Crippen LogP contribution in [-0.4, -0.2) is 30.1 Å². The summed E-state index contributed by atoms with van der Waals surface area (Å²) in [5.74, 6) is -0.0994. The Labute approximate surface area is 124 Å². The van der Waals surface area contributed by atoms with Gasteiger partial charge in [0.25, 0.3) is 5.91 Å². The maximum atomic E-state index is 12.0. The number of pyridine rings is 1. The van der Waals surface area contributed by atoms with Crippen molar-refractivity contribution < 1.29 is 9.53 Å². The minimum atomic E-state index is -0.0994. The molecule has 0 saturated carbocycles. The van der Waals surface area contributed by atoms with Gasteiger partial charge in [-0.25, -0.2) is 0 Å². The van der Waals surface area contributed by atoms with Gasteiger partial charge in [-0.2, -0.15) is 0 Å². The van der Waals surface area contributed by atoms with Crippen molar-refractivity contribution in [3.05, 3.63) is 54.2 Å². The van der Waals surface area contributed by atoms with Gasteiger partial charge >= 0.3 is 0 Å². The van der Waals surface area contributed by atoms with Gasteiger partial charge in [0, 0.05) is 24.9 Å². The summed E-state index contributed by atoms with van der Waals surface area (Å²) < 4.78 is 5.49. The summed E-state index contributed by atoms with van der Waals surface area (Å²) in [6.07, 6.45) is 3.87. The van der Waals surface area contributed by atoms with Crippen LogP contribution in [-0.2, 0) is 4.74 Å². The zero-order valence-corrected chi connectivity index (χ0v) is 11.8. The highest BCUT2D eigenvalue weighted by molar-refractivity contribution is 5.94. The van der Waals surface area contributed by atoms with Crippen molar-refractivity contribution in [3.63, 3.8) is 0 Å². The van der Waals surface area contributed by atoms with Gasteiger partial charge in [0.1, 0.15) is 0 Å². The number of aromatic nitrogens is 1. The van der Waals surface area contributed by atoms with Crippen molar-refractivity contribution in [2.24, 2.45) is 0 Å². The monoisotopic (exact) mass is 282 g/mol. The lowest BCUT2D eigenvalue weighted by Crippen LogP contribution is -2.31. The maximum Gasteiger partial charge on any atom is 0.252 e. The van der Waals surface area contributed by atoms with Crippen molar-refractivity contribution in [2.45, 2.75) is 18.9 Å². The molecular formula is C17H18N2O2. The van der Waals surface area contributed by atoms with Crippen LogP contribution < -0.4 is 5.32 Å². The fourth-order valence-corrected chi connectivity index (χ4v) is 2.42. The van der Waals surface area contributed by atoms with Crippen molar-refractivity contribution >= 4 is 5.91 Å². The third-order valence-electron chi connectivity index (χ3n) is 3.61. The number of carbonyl (C=O) groups excluding carboxylic acids is 1. The van der Waals surface area contributed by atoms with Gasteiger partial charge in [-0.1, -0.05) is 30.3 Å². The average Bonchev–Trinajstić information content (AvgIpc) is 3.07. The van der Waals surface area contributed by atoms with Crippen LogP contribution in [0.5, 0.6) is 0 Å². The molecule has 0 bridgehead atoms. The van der Waals surface area contributed by atoms with Crippen LogP contribution in [0.15, 0.2) is 48.7 Å². The fraction of sp³-hybridized carbons (Fsp3) is 0.294. The summed E-state index contributed by atoms with van der Waals surface area (Å²) >= 11 is 0. The molecule has 0 radical (unpaired) electrons. The van der Waals surface area contributed by atoms with E-state index < -0.39 is 0 Å². The number of nitrogens with zero attached hydrogens (tertiary/aromatic N) is 1. The quantitative estimate of drug-likeness (QED) is 0.938. The Morgan fingerprint density at radius 3 is 2.76 bits per heavy atom. The first-order valence-corrected chi connectivity index (χ1v) is 7.24. The van der Waals surface area contributed by atoms with E-state index in [2.05, 4.69) is 10.3 Å². The lowest BCUT2D eigenvalue weighted by Gasteiger charge is -2.10. The molecule has 1 amide bonds. The van der Waals surface area contributed by atoms with Crippen LogP contribution in [0.25, 0.3) is 11.3 Å². The average molecular weight is 282 g/mol. The van der Waals surface area contributed by atoms with Crippen LogP contribution in [0.4, 0.5) is 0 Å². The molecular weight excluding hydrogens is 264 g/mol. The van der Waals surface area contributed by atoms with E-state index in [-0.39, 0.29) is 12.0 Å². The maximum absolute atomic E-state index is 12.0. The number of amides is 1. The molecule has 3 rings (SSSR count). The molecule has 1 saturated heterocycles. The van der Waals surface area contributed by atoms with Gasteiger partial charge in [-0.05, 0) is 25.0 Å². The molecule has 21 heavy (non-hydrogen) atoms. The van der Waals surface area contributed by atoms with Gasteiger partial charge in [0.05, 0.1) is 17.4 Å². The predicted octanol–water partition coefficient (Wildman–Crippen LogP) is 2.66. The summed E-state index contributed by atoms with van der Waals surface area (Å²) in [5, 5.41) is 2.90. The first kappa shape index (κ1) is 13.8. The van der Waals surface area contributed by atoms with Crippen LogP contribution in [0.2, 0.25) is 0 Å². The number of rotatable bonds is 4. The van der Waals surface area contributed by atoms with Crippen LogP contribution in [0.1, 0.15) is 23.2 Å². The van der Waals surface area contributed by atoms with Crippen LogP contribution >= 0.6 is 0 Å². The van der Waals surface area contributed by atoms with Gasteiger partial charge in [-0.3, -0.25) is 9.78 Å². The molecule has 1 aromatic heterocycles. The van der Waals surface area contributed by atoms with Crippen molar-refractivity contribution in [2.75, 3.05) is 13.2 Å². The van der Waals surface area contributed by atoms with Crippen LogP contribution in [0.3, 0.4) is 0 Å². The first-order chi connectivity index (χ1) is 10.3. The van der Waals surface area contributed by atoms with E-state index in [4.69, 9.17) is 4.74 Å². The van der Waals surface area contributed by atoms with E-state index in [1.807, 2.05) is 36.4 Å². The standard InChI is InChI=1S/C17H18N2O2/c20-17(19-12-15-7-4-10-21-15)14-8-9-16(18-11-14)13-5-2-1-3-6-13/h1-3,5-6,8-9,11,15H,4,7,10,12H2,(H,19,20). The minimum Gasteiger partial charge on any atom is -0.376 e. The number of hydrogen-bond acceptors (Lipinski definition) is 3. The van der Waals surface area contributed by atoms with E-state index in [1.165, 1.54) is 0 Å². The molecule has 1 N–H and O–H groups in total. The van der Waals surface area contributed by atoms with Crippen molar-refractivity contribution in [1.29, 1.82) is 0 Å². The Bertz CT molecular complexity index is 590. The summed E-state index contributed by atoms with van der Waals surface area (Å²) in [4.78, 5) is 16.4. The lowest BCUT2D eigenvalue weighted by atomic mass is 10.1. The highest BCUT2D eigenvalue weighted by atomic mass is 16.5. The van der Waals surface area contributed by atoms with Crippen molar-refractivity contribution in [3.8, 4) is 11.3 Å². The molecule has 1 aliphatic heterocycles. The van der Waals surface area contributed by atoms with E-state index in [0.717, 1.165) is 30.7 Å². The number of benzene rings is 1. The van der Waals surface area contributed by atoms with Gasteiger partial charge in [-0.15, -0.1) is 0 Å². The number of nitrogens with one attached hydrogen (secondary N) is 1. The third kappa shape index (κ3) is 3.47. The topological polar surface area (TPSA) is 51.2 Å². The molecule has 1 aliphatic rings. The molecule has 4 nitrogen and oxygen atoms in total. The SMILES string of the molecule is O=C(NCC1CCCO1)c1ccc(-c2ccccc2)nc1. The molecule has 2 heterocycles. The summed E-state index contributed by atoms with van der Waals surface area (Å²) in [6.45, 7) is 1.37. The highest BCUT2D eigenvalue weighted by Crippen LogP contribution is 2.16. The van der Waals surface area contributed by atoms with Gasteiger partial charge in [0.2, 0.25) is 0 Å². The van der Waals surface area contributed by atoms with E-state index in [0.29, 0.717) is 12.1 Å².